The Kier molecular flexibility index (Phi) is 5.24. The zero-order chi connectivity index (χ0) is 22.2. The molecule has 0 atom stereocenters. The summed E-state index contributed by atoms with van der Waals surface area (Å²) in [6.07, 6.45) is 1.87. The molecular weight excluding hydrogens is 434 g/mol. The molecule has 0 aliphatic rings. The van der Waals surface area contributed by atoms with Gasteiger partial charge in [0.15, 0.2) is 5.65 Å². The van der Waals surface area contributed by atoms with E-state index in [2.05, 4.69) is 25.5 Å². The smallest absolute Gasteiger partial charge is 0.257 e. The number of anilines is 2. The number of ether oxygens (including phenoxy) is 1. The van der Waals surface area contributed by atoms with Gasteiger partial charge in [0.2, 0.25) is 16.0 Å². The second-order valence-corrected chi connectivity index (χ2v) is 7.92. The second-order valence-electron chi connectivity index (χ2n) is 6.36. The largest absolute Gasteiger partial charge is 0.478 e. The third-order valence-corrected chi connectivity index (χ3v) is 5.14. The average molecular weight is 450 g/mol. The number of nitrogens with zero attached hydrogens (tertiary/aromatic N) is 6. The minimum atomic E-state index is -3.82. The van der Waals surface area contributed by atoms with Gasteiger partial charge in [-0.05, 0) is 24.3 Å². The maximum absolute atomic E-state index is 12.6. The number of methoxy groups -OCH3 is 1. The summed E-state index contributed by atoms with van der Waals surface area (Å²) in [7, 11) is -2.45. The van der Waals surface area contributed by atoms with Crippen molar-refractivity contribution in [2.24, 2.45) is 5.14 Å². The number of nitrogens with two attached hydrogens (primary N) is 1. The molecular formula is C17H16F2N8O3S. The molecule has 0 saturated carbocycles. The normalized spacial score (nSPS) is 11.9. The van der Waals surface area contributed by atoms with Crippen LogP contribution in [0.25, 0.3) is 16.7 Å². The van der Waals surface area contributed by atoms with Gasteiger partial charge in [0.25, 0.3) is 12.3 Å². The van der Waals surface area contributed by atoms with Gasteiger partial charge in [0.1, 0.15) is 12.2 Å². The summed E-state index contributed by atoms with van der Waals surface area (Å²) in [4.78, 5) is 8.58. The Hall–Kier alpha value is -3.65. The summed E-state index contributed by atoms with van der Waals surface area (Å²) in [6.45, 7) is -0.584. The Morgan fingerprint density at radius 2 is 1.97 bits per heavy atom. The lowest BCUT2D eigenvalue weighted by Gasteiger charge is -2.06. The number of hydrogen-bond donors (Lipinski definition) is 2. The first-order valence-corrected chi connectivity index (χ1v) is 10.3. The maximum atomic E-state index is 12.6. The molecule has 31 heavy (non-hydrogen) atoms. The first-order chi connectivity index (χ1) is 14.7. The summed E-state index contributed by atoms with van der Waals surface area (Å²) in [6, 6.07) is 5.80. The Morgan fingerprint density at radius 3 is 2.61 bits per heavy atom. The van der Waals surface area contributed by atoms with Crippen LogP contribution in [0.1, 0.15) is 0 Å². The van der Waals surface area contributed by atoms with E-state index in [9.17, 15) is 17.2 Å². The number of halogens is 2. The molecule has 0 fully saturated rings. The van der Waals surface area contributed by atoms with Crippen LogP contribution in [-0.2, 0) is 16.6 Å². The van der Waals surface area contributed by atoms with Gasteiger partial charge in [-0.2, -0.15) is 10.1 Å². The van der Waals surface area contributed by atoms with Crippen molar-refractivity contribution in [1.29, 1.82) is 0 Å². The van der Waals surface area contributed by atoms with Crippen molar-refractivity contribution in [3.8, 4) is 11.6 Å². The van der Waals surface area contributed by atoms with Crippen LogP contribution in [0, 0.1) is 0 Å². The average Bonchev–Trinajstić information content (AvgIpc) is 3.30. The summed E-state index contributed by atoms with van der Waals surface area (Å²) >= 11 is 0. The number of primary sulfonamides is 1. The van der Waals surface area contributed by atoms with E-state index in [1.54, 1.807) is 18.3 Å². The molecule has 4 aromatic rings. The molecule has 0 aliphatic heterocycles. The van der Waals surface area contributed by atoms with E-state index >= 15 is 0 Å². The Labute approximate surface area is 174 Å². The number of alkyl halides is 2. The second kappa shape index (κ2) is 7.88. The van der Waals surface area contributed by atoms with E-state index in [0.717, 1.165) is 4.68 Å². The third-order valence-electron chi connectivity index (χ3n) is 4.21. The van der Waals surface area contributed by atoms with Crippen LogP contribution in [-0.4, -0.2) is 51.5 Å². The number of sulfonamides is 1. The minimum Gasteiger partial charge on any atom is -0.478 e. The maximum Gasteiger partial charge on any atom is 0.257 e. The van der Waals surface area contributed by atoms with Gasteiger partial charge in [0, 0.05) is 6.20 Å². The lowest BCUT2D eigenvalue weighted by atomic mass is 10.3. The molecule has 3 heterocycles. The highest BCUT2D eigenvalue weighted by atomic mass is 32.2. The van der Waals surface area contributed by atoms with E-state index in [1.165, 1.54) is 36.3 Å². The van der Waals surface area contributed by atoms with E-state index < -0.39 is 23.0 Å². The van der Waals surface area contributed by atoms with Gasteiger partial charge in [-0.15, -0.1) is 5.10 Å². The molecule has 0 radical (unpaired) electrons. The lowest BCUT2D eigenvalue weighted by molar-refractivity contribution is 0.121. The molecule has 1 aromatic carbocycles. The fourth-order valence-electron chi connectivity index (χ4n) is 2.84. The summed E-state index contributed by atoms with van der Waals surface area (Å²) in [5.74, 6) is 0.266. The fraction of sp³-hybridized carbons (Fsp3) is 0.176. The molecule has 3 aromatic heterocycles. The standard InChI is InChI=1S/C17H16F2N8O3S/c1-30-16-13(8-26(25-16)9-14(18)19)23-17-21-6-10-7-22-27(15(10)24-17)11-2-4-12(5-3-11)31(20,28)29/h2-8,14H,9H2,1H3,(H2,20,28,29)(H,21,23,24). The number of fused-ring (bicyclic) bond motifs is 1. The number of rotatable bonds is 7. The number of aromatic nitrogens is 6. The van der Waals surface area contributed by atoms with Crippen LogP contribution >= 0.6 is 0 Å². The number of benzene rings is 1. The van der Waals surface area contributed by atoms with Crippen LogP contribution < -0.4 is 15.2 Å². The van der Waals surface area contributed by atoms with E-state index in [1.807, 2.05) is 0 Å². The van der Waals surface area contributed by atoms with Gasteiger partial charge in [-0.3, -0.25) is 4.68 Å². The van der Waals surface area contributed by atoms with E-state index in [-0.39, 0.29) is 16.7 Å². The van der Waals surface area contributed by atoms with Gasteiger partial charge in [-0.1, -0.05) is 0 Å². The summed E-state index contributed by atoms with van der Waals surface area (Å²) in [5.41, 5.74) is 1.29. The molecule has 0 spiro atoms. The number of hydrogen-bond acceptors (Lipinski definition) is 8. The van der Waals surface area contributed by atoms with Crippen molar-refractivity contribution in [1.82, 2.24) is 29.5 Å². The molecule has 0 amide bonds. The van der Waals surface area contributed by atoms with Crippen molar-refractivity contribution >= 4 is 32.7 Å². The zero-order valence-electron chi connectivity index (χ0n) is 16.0. The first-order valence-electron chi connectivity index (χ1n) is 8.75. The molecule has 3 N–H and O–H groups in total. The third kappa shape index (κ3) is 4.29. The SMILES string of the molecule is COc1nn(CC(F)F)cc1Nc1ncc2cnn(-c3ccc(S(N)(=O)=O)cc3)c2n1. The highest BCUT2D eigenvalue weighted by Gasteiger charge is 2.15. The van der Waals surface area contributed by atoms with Crippen molar-refractivity contribution < 1.29 is 21.9 Å². The topological polar surface area (TPSA) is 143 Å². The summed E-state index contributed by atoms with van der Waals surface area (Å²) < 4.78 is 55.8. The Balaban J connectivity index is 1.67. The molecule has 0 saturated heterocycles. The monoisotopic (exact) mass is 450 g/mol. The van der Waals surface area contributed by atoms with Gasteiger partial charge < -0.3 is 10.1 Å². The van der Waals surface area contributed by atoms with Crippen LogP contribution in [0.4, 0.5) is 20.4 Å². The predicted molar refractivity (Wildman–Crippen MR) is 106 cm³/mol. The van der Waals surface area contributed by atoms with E-state index in [4.69, 9.17) is 9.88 Å². The molecule has 162 valence electrons. The highest BCUT2D eigenvalue weighted by molar-refractivity contribution is 7.89. The molecule has 0 bridgehead atoms. The van der Waals surface area contributed by atoms with E-state index in [0.29, 0.717) is 22.4 Å². The summed E-state index contributed by atoms with van der Waals surface area (Å²) in [5, 5.41) is 16.8. The van der Waals surface area contributed by atoms with Crippen LogP contribution in [0.15, 0.2) is 47.8 Å². The Bertz CT molecular complexity index is 1340. The van der Waals surface area contributed by atoms with Crippen LogP contribution in [0.3, 0.4) is 0 Å². The van der Waals surface area contributed by atoms with Gasteiger partial charge in [0.05, 0.1) is 35.5 Å². The van der Waals surface area contributed by atoms with Crippen molar-refractivity contribution in [3.63, 3.8) is 0 Å². The first kappa shape index (κ1) is 20.6. The van der Waals surface area contributed by atoms with Gasteiger partial charge in [-0.25, -0.2) is 32.0 Å². The quantitative estimate of drug-likeness (QED) is 0.433. The highest BCUT2D eigenvalue weighted by Crippen LogP contribution is 2.26. The van der Waals surface area contributed by atoms with Crippen molar-refractivity contribution in [3.05, 3.63) is 42.9 Å². The zero-order valence-corrected chi connectivity index (χ0v) is 16.8. The molecule has 0 aliphatic carbocycles. The van der Waals surface area contributed by atoms with Gasteiger partial charge >= 0.3 is 0 Å². The predicted octanol–water partition coefficient (Wildman–Crippen LogP) is 1.68. The van der Waals surface area contributed by atoms with Crippen molar-refractivity contribution in [2.45, 2.75) is 17.9 Å². The molecule has 0 unspecified atom stereocenters. The van der Waals surface area contributed by atoms with Crippen molar-refractivity contribution in [2.75, 3.05) is 12.4 Å². The molecule has 14 heteroatoms. The molecule has 11 nitrogen and oxygen atoms in total. The number of nitrogens with one attached hydrogen (secondary N) is 1. The lowest BCUT2D eigenvalue weighted by Crippen LogP contribution is -2.12. The molecule has 4 rings (SSSR count). The minimum absolute atomic E-state index is 0.0300. The van der Waals surface area contributed by atoms with Crippen LogP contribution in [0.5, 0.6) is 5.88 Å². The Morgan fingerprint density at radius 1 is 1.23 bits per heavy atom. The van der Waals surface area contributed by atoms with Crippen LogP contribution in [0.2, 0.25) is 0 Å². The fourth-order valence-corrected chi connectivity index (χ4v) is 3.35.